The Morgan fingerprint density at radius 3 is 2.85 bits per heavy atom. The van der Waals surface area contributed by atoms with Crippen LogP contribution in [0.3, 0.4) is 0 Å². The molecule has 1 amide bonds. The van der Waals surface area contributed by atoms with Gasteiger partial charge in [-0.2, -0.15) is 8.78 Å². The maximum atomic E-state index is 14.4. The molecule has 2 heterocycles. The van der Waals surface area contributed by atoms with E-state index in [1.165, 1.54) is 29.9 Å². The van der Waals surface area contributed by atoms with E-state index >= 15 is 0 Å². The van der Waals surface area contributed by atoms with Crippen LogP contribution in [-0.2, 0) is 0 Å². The molecule has 0 aliphatic heterocycles. The quantitative estimate of drug-likeness (QED) is 0.726. The number of carbonyl (C=O) groups excluding carboxylic acids is 1. The fourth-order valence-electron chi connectivity index (χ4n) is 2.30. The summed E-state index contributed by atoms with van der Waals surface area (Å²) in [6.07, 6.45) is 1.24. The SMILES string of the molecule is Cc1cc(-c2c(F)cccc2OC(F)F)c(C(=O)Nc2nncs2)cn1. The van der Waals surface area contributed by atoms with Gasteiger partial charge < -0.3 is 4.74 Å². The number of amides is 1. The third-order valence-corrected chi connectivity index (χ3v) is 3.93. The third kappa shape index (κ3) is 3.80. The maximum absolute atomic E-state index is 14.4. The number of aryl methyl sites for hydroxylation is 1. The number of halogens is 3. The van der Waals surface area contributed by atoms with Gasteiger partial charge in [-0.1, -0.05) is 17.4 Å². The number of aromatic nitrogens is 3. The molecule has 1 aromatic carbocycles. The molecular weight excluding hydrogens is 369 g/mol. The lowest BCUT2D eigenvalue weighted by molar-refractivity contribution is -0.0495. The van der Waals surface area contributed by atoms with Crippen LogP contribution in [0.1, 0.15) is 16.1 Å². The summed E-state index contributed by atoms with van der Waals surface area (Å²) in [5, 5.41) is 10.0. The summed E-state index contributed by atoms with van der Waals surface area (Å²) in [5.41, 5.74) is 1.71. The lowest BCUT2D eigenvalue weighted by Gasteiger charge is -2.15. The van der Waals surface area contributed by atoms with Gasteiger partial charge in [0.2, 0.25) is 5.13 Å². The predicted octanol–water partition coefficient (Wildman–Crippen LogP) is 3.90. The predicted molar refractivity (Wildman–Crippen MR) is 88.9 cm³/mol. The fraction of sp³-hybridized carbons (Fsp3) is 0.125. The van der Waals surface area contributed by atoms with Crippen molar-refractivity contribution >= 4 is 22.4 Å². The Balaban J connectivity index is 2.11. The van der Waals surface area contributed by atoms with Crippen LogP contribution in [0, 0.1) is 12.7 Å². The van der Waals surface area contributed by atoms with Crippen molar-refractivity contribution in [2.45, 2.75) is 13.5 Å². The summed E-state index contributed by atoms with van der Waals surface area (Å²) >= 11 is 1.09. The first-order valence-electron chi connectivity index (χ1n) is 7.23. The zero-order valence-corrected chi connectivity index (χ0v) is 14.1. The number of hydrogen-bond acceptors (Lipinski definition) is 6. The molecule has 10 heteroatoms. The zero-order valence-electron chi connectivity index (χ0n) is 13.2. The van der Waals surface area contributed by atoms with Crippen molar-refractivity contribution in [2.75, 3.05) is 5.32 Å². The number of benzene rings is 1. The maximum Gasteiger partial charge on any atom is 0.387 e. The summed E-state index contributed by atoms with van der Waals surface area (Å²) in [7, 11) is 0. The second-order valence-electron chi connectivity index (χ2n) is 5.06. The Kier molecular flexibility index (Phi) is 5.12. The molecule has 26 heavy (non-hydrogen) atoms. The summed E-state index contributed by atoms with van der Waals surface area (Å²) in [5.74, 6) is -1.82. The zero-order chi connectivity index (χ0) is 18.7. The molecule has 0 fully saturated rings. The molecule has 0 aliphatic carbocycles. The lowest BCUT2D eigenvalue weighted by atomic mass is 9.98. The van der Waals surface area contributed by atoms with Crippen molar-refractivity contribution in [3.8, 4) is 16.9 Å². The second-order valence-corrected chi connectivity index (χ2v) is 5.89. The molecule has 0 aliphatic rings. The average Bonchev–Trinajstić information content (AvgIpc) is 3.07. The number of ether oxygens (including phenoxy) is 1. The van der Waals surface area contributed by atoms with Gasteiger partial charge in [-0.05, 0) is 25.1 Å². The largest absolute Gasteiger partial charge is 0.434 e. The van der Waals surface area contributed by atoms with Gasteiger partial charge in [0, 0.05) is 17.5 Å². The van der Waals surface area contributed by atoms with Gasteiger partial charge in [-0.25, -0.2) is 4.39 Å². The highest BCUT2D eigenvalue weighted by Gasteiger charge is 2.22. The van der Waals surface area contributed by atoms with Gasteiger partial charge in [-0.15, -0.1) is 10.2 Å². The van der Waals surface area contributed by atoms with Crippen molar-refractivity contribution < 1.29 is 22.7 Å². The van der Waals surface area contributed by atoms with Gasteiger partial charge in [0.1, 0.15) is 17.1 Å². The first-order chi connectivity index (χ1) is 12.5. The van der Waals surface area contributed by atoms with Crippen LogP contribution in [0.5, 0.6) is 5.75 Å². The van der Waals surface area contributed by atoms with E-state index in [4.69, 9.17) is 0 Å². The molecule has 0 radical (unpaired) electrons. The third-order valence-electron chi connectivity index (χ3n) is 3.33. The molecule has 0 spiro atoms. The molecular formula is C16H11F3N4O2S. The number of rotatable bonds is 5. The van der Waals surface area contributed by atoms with E-state index < -0.39 is 18.3 Å². The minimum Gasteiger partial charge on any atom is -0.434 e. The first kappa shape index (κ1) is 17.8. The Morgan fingerprint density at radius 1 is 1.35 bits per heavy atom. The van der Waals surface area contributed by atoms with E-state index in [-0.39, 0.29) is 27.6 Å². The average molecular weight is 380 g/mol. The van der Waals surface area contributed by atoms with Crippen molar-refractivity contribution in [3.63, 3.8) is 0 Å². The molecule has 1 N–H and O–H groups in total. The van der Waals surface area contributed by atoms with Gasteiger partial charge in [0.15, 0.2) is 0 Å². The topological polar surface area (TPSA) is 77.0 Å². The molecule has 0 bridgehead atoms. The van der Waals surface area contributed by atoms with Crippen molar-refractivity contribution in [1.29, 1.82) is 0 Å². The Labute approximate surface area is 149 Å². The molecule has 2 aromatic heterocycles. The highest BCUT2D eigenvalue weighted by molar-refractivity contribution is 7.13. The van der Waals surface area contributed by atoms with Gasteiger partial charge in [-0.3, -0.25) is 15.1 Å². The second kappa shape index (κ2) is 7.48. The Bertz CT molecular complexity index is 935. The number of alkyl halides is 2. The van der Waals surface area contributed by atoms with Crippen LogP contribution in [0.4, 0.5) is 18.3 Å². The molecule has 3 aromatic rings. The molecule has 0 atom stereocenters. The molecule has 6 nitrogen and oxygen atoms in total. The van der Waals surface area contributed by atoms with Crippen LogP contribution in [0.25, 0.3) is 11.1 Å². The van der Waals surface area contributed by atoms with Gasteiger partial charge >= 0.3 is 6.61 Å². The van der Waals surface area contributed by atoms with E-state index in [2.05, 4.69) is 25.2 Å². The van der Waals surface area contributed by atoms with Gasteiger partial charge in [0.05, 0.1) is 11.1 Å². The molecule has 3 rings (SSSR count). The van der Waals surface area contributed by atoms with E-state index in [0.717, 1.165) is 17.4 Å². The van der Waals surface area contributed by atoms with Crippen LogP contribution in [0.2, 0.25) is 0 Å². The Morgan fingerprint density at radius 2 is 2.15 bits per heavy atom. The summed E-state index contributed by atoms with van der Waals surface area (Å²) in [4.78, 5) is 16.6. The van der Waals surface area contributed by atoms with E-state index in [1.54, 1.807) is 6.92 Å². The van der Waals surface area contributed by atoms with Crippen LogP contribution < -0.4 is 10.1 Å². The van der Waals surface area contributed by atoms with E-state index in [0.29, 0.717) is 5.69 Å². The van der Waals surface area contributed by atoms with Gasteiger partial charge in [0.25, 0.3) is 5.91 Å². The van der Waals surface area contributed by atoms with E-state index in [1.807, 2.05) is 0 Å². The highest BCUT2D eigenvalue weighted by atomic mass is 32.1. The fourth-order valence-corrected chi connectivity index (χ4v) is 2.74. The summed E-state index contributed by atoms with van der Waals surface area (Å²) in [6.45, 7) is -1.51. The molecule has 0 saturated heterocycles. The van der Waals surface area contributed by atoms with Crippen LogP contribution in [-0.4, -0.2) is 27.7 Å². The summed E-state index contributed by atoms with van der Waals surface area (Å²) in [6, 6.07) is 4.96. The van der Waals surface area contributed by atoms with E-state index in [9.17, 15) is 18.0 Å². The number of nitrogens with one attached hydrogen (secondary N) is 1. The normalized spacial score (nSPS) is 10.8. The monoisotopic (exact) mass is 380 g/mol. The molecule has 134 valence electrons. The lowest BCUT2D eigenvalue weighted by Crippen LogP contribution is -2.14. The standard InChI is InChI=1S/C16H11F3N4O2S/c1-8-5-9(13-11(17)3-2-4-12(13)25-15(18)19)10(6-20-8)14(24)22-16-23-21-7-26-16/h2-7,15H,1H3,(H,22,23,24). The van der Waals surface area contributed by atoms with Crippen LogP contribution in [0.15, 0.2) is 36.0 Å². The minimum absolute atomic E-state index is 0.0185. The van der Waals surface area contributed by atoms with Crippen molar-refractivity contribution in [2.24, 2.45) is 0 Å². The van der Waals surface area contributed by atoms with Crippen molar-refractivity contribution in [3.05, 3.63) is 53.0 Å². The van der Waals surface area contributed by atoms with Crippen molar-refractivity contribution in [1.82, 2.24) is 15.2 Å². The van der Waals surface area contributed by atoms with Crippen LogP contribution >= 0.6 is 11.3 Å². The molecule has 0 unspecified atom stereocenters. The smallest absolute Gasteiger partial charge is 0.387 e. The number of anilines is 1. The minimum atomic E-state index is -3.14. The highest BCUT2D eigenvalue weighted by Crippen LogP contribution is 2.36. The molecule has 0 saturated carbocycles. The first-order valence-corrected chi connectivity index (χ1v) is 8.11. The number of carbonyl (C=O) groups is 1. The number of nitrogens with zero attached hydrogens (tertiary/aromatic N) is 3. The number of pyridine rings is 1. The summed E-state index contributed by atoms with van der Waals surface area (Å²) < 4.78 is 44.2. The Hall–Kier alpha value is -3.01. The number of hydrogen-bond donors (Lipinski definition) is 1.